The predicted molar refractivity (Wildman–Crippen MR) is 180 cm³/mol. The van der Waals surface area contributed by atoms with E-state index in [1.807, 2.05) is 30.3 Å². The Morgan fingerprint density at radius 3 is 2.19 bits per heavy atom. The van der Waals surface area contributed by atoms with Crippen LogP contribution in [0, 0.1) is 5.92 Å². The first-order valence-corrected chi connectivity index (χ1v) is 18.3. The number of nitrogens with one attached hydrogen (secondary N) is 1. The quantitative estimate of drug-likeness (QED) is 0.0949. The topological polar surface area (TPSA) is 73.9 Å². The third-order valence-electron chi connectivity index (χ3n) is 7.45. The number of amides is 1. The van der Waals surface area contributed by atoms with Crippen LogP contribution < -0.4 is 10.1 Å². The van der Waals surface area contributed by atoms with Crippen LogP contribution in [0.1, 0.15) is 45.2 Å². The Morgan fingerprint density at radius 1 is 1.00 bits per heavy atom. The highest BCUT2D eigenvalue weighted by Gasteiger charge is 2.39. The fourth-order valence-electron chi connectivity index (χ4n) is 3.85. The van der Waals surface area contributed by atoms with Crippen molar-refractivity contribution in [1.29, 1.82) is 0 Å². The highest BCUT2D eigenvalue weighted by atomic mass is 35.6. The first-order chi connectivity index (χ1) is 20.0. The van der Waals surface area contributed by atoms with Crippen molar-refractivity contribution in [2.24, 2.45) is 5.92 Å². The molecule has 2 aromatic carbocycles. The summed E-state index contributed by atoms with van der Waals surface area (Å²) in [5.41, 5.74) is 1.91. The molecule has 236 valence electrons. The molecular formula is C33H44Cl3NO5Si. The standard InChI is InChI=1S/C33H44Cl3NO5Si/c1-24(16-17-25-12-9-8-10-13-25)29(42-43(6,7)32(2,3)4)14-11-15-30(38)37-28(31(39)41-23-33(34,35)36)22-26-18-20-27(40-5)21-19-26/h8-13,15-21,24,28-29H,14,22-23H2,1-7H3,(H,37,38)/b15-11+,17-16+/t24-,28-,29+/m1/s1. The maximum absolute atomic E-state index is 13.0. The van der Waals surface area contributed by atoms with Gasteiger partial charge < -0.3 is 19.2 Å². The molecule has 1 amide bonds. The monoisotopic (exact) mass is 667 g/mol. The van der Waals surface area contributed by atoms with Crippen LogP contribution in [0.4, 0.5) is 0 Å². The molecule has 6 nitrogen and oxygen atoms in total. The number of ether oxygens (including phenoxy) is 2. The summed E-state index contributed by atoms with van der Waals surface area (Å²) in [5, 5.41) is 2.77. The molecule has 0 saturated carbocycles. The van der Waals surface area contributed by atoms with Gasteiger partial charge in [0.1, 0.15) is 18.4 Å². The summed E-state index contributed by atoms with van der Waals surface area (Å²) < 4.78 is 15.4. The lowest BCUT2D eigenvalue weighted by Gasteiger charge is -2.40. The van der Waals surface area contributed by atoms with E-state index in [0.717, 1.165) is 11.1 Å². The molecule has 2 aromatic rings. The first kappa shape index (κ1) is 36.9. The molecule has 0 radical (unpaired) electrons. The zero-order chi connectivity index (χ0) is 32.3. The number of halogens is 3. The molecule has 0 fully saturated rings. The van der Waals surface area contributed by atoms with Crippen LogP contribution in [0.3, 0.4) is 0 Å². The second-order valence-corrected chi connectivity index (χ2v) is 19.3. The van der Waals surface area contributed by atoms with Gasteiger partial charge in [0, 0.05) is 6.42 Å². The number of hydrogen-bond donors (Lipinski definition) is 1. The number of hydrogen-bond acceptors (Lipinski definition) is 5. The van der Waals surface area contributed by atoms with Gasteiger partial charge in [0.25, 0.3) is 0 Å². The first-order valence-electron chi connectivity index (χ1n) is 14.2. The summed E-state index contributed by atoms with van der Waals surface area (Å²) in [4.78, 5) is 25.9. The van der Waals surface area contributed by atoms with E-state index >= 15 is 0 Å². The van der Waals surface area contributed by atoms with Gasteiger partial charge in [0.15, 0.2) is 8.32 Å². The molecule has 43 heavy (non-hydrogen) atoms. The lowest BCUT2D eigenvalue weighted by Crippen LogP contribution is -2.45. The second-order valence-electron chi connectivity index (χ2n) is 12.0. The van der Waals surface area contributed by atoms with E-state index in [9.17, 15) is 9.59 Å². The summed E-state index contributed by atoms with van der Waals surface area (Å²) in [6, 6.07) is 16.3. The molecule has 0 aliphatic carbocycles. The average Bonchev–Trinajstić information content (AvgIpc) is 2.93. The van der Waals surface area contributed by atoms with Crippen LogP contribution in [0.25, 0.3) is 6.08 Å². The van der Waals surface area contributed by atoms with Crippen molar-refractivity contribution in [3.05, 3.63) is 84.0 Å². The molecule has 2 rings (SSSR count). The molecule has 0 aliphatic heterocycles. The summed E-state index contributed by atoms with van der Waals surface area (Å²) in [5.74, 6) is -0.388. The summed E-state index contributed by atoms with van der Waals surface area (Å²) in [6.07, 6.45) is 8.01. The van der Waals surface area contributed by atoms with Gasteiger partial charge in [-0.3, -0.25) is 4.79 Å². The molecule has 0 bridgehead atoms. The average molecular weight is 669 g/mol. The van der Waals surface area contributed by atoms with Crippen molar-refractivity contribution in [2.45, 2.75) is 74.6 Å². The van der Waals surface area contributed by atoms with Gasteiger partial charge in [-0.15, -0.1) is 0 Å². The molecule has 0 spiro atoms. The van der Waals surface area contributed by atoms with E-state index in [-0.39, 0.29) is 23.5 Å². The largest absolute Gasteiger partial charge is 0.497 e. The molecule has 1 N–H and O–H groups in total. The van der Waals surface area contributed by atoms with Crippen LogP contribution in [-0.4, -0.2) is 49.8 Å². The number of rotatable bonds is 14. The maximum atomic E-state index is 13.0. The Bertz CT molecular complexity index is 1220. The van der Waals surface area contributed by atoms with Crippen LogP contribution >= 0.6 is 34.8 Å². The van der Waals surface area contributed by atoms with Gasteiger partial charge in [0.05, 0.1) is 13.2 Å². The van der Waals surface area contributed by atoms with E-state index in [2.05, 4.69) is 70.4 Å². The summed E-state index contributed by atoms with van der Waals surface area (Å²) >= 11 is 17.3. The van der Waals surface area contributed by atoms with Crippen molar-refractivity contribution in [2.75, 3.05) is 13.7 Å². The minimum atomic E-state index is -2.10. The van der Waals surface area contributed by atoms with E-state index in [1.165, 1.54) is 6.08 Å². The van der Waals surface area contributed by atoms with Crippen molar-refractivity contribution in [3.63, 3.8) is 0 Å². The summed E-state index contributed by atoms with van der Waals surface area (Å²) in [6.45, 7) is 12.7. The van der Waals surface area contributed by atoms with Crippen molar-refractivity contribution < 1.29 is 23.5 Å². The molecule has 3 atom stereocenters. The maximum Gasteiger partial charge on any atom is 0.329 e. The Hall–Kier alpha value is -2.29. The highest BCUT2D eigenvalue weighted by molar-refractivity contribution is 6.74. The zero-order valence-electron chi connectivity index (χ0n) is 26.0. The minimum Gasteiger partial charge on any atom is -0.497 e. The Kier molecular flexibility index (Phi) is 14.3. The smallest absolute Gasteiger partial charge is 0.329 e. The fraction of sp³-hybridized carbons (Fsp3) is 0.455. The Balaban J connectivity index is 2.18. The molecule has 10 heteroatoms. The van der Waals surface area contributed by atoms with E-state index < -0.39 is 36.6 Å². The predicted octanol–water partition coefficient (Wildman–Crippen LogP) is 8.32. The molecule has 0 aliphatic rings. The van der Waals surface area contributed by atoms with Gasteiger partial charge in [-0.05, 0) is 59.8 Å². The van der Waals surface area contributed by atoms with Crippen LogP contribution in [0.2, 0.25) is 18.1 Å². The second kappa shape index (κ2) is 16.7. The van der Waals surface area contributed by atoms with E-state index in [4.69, 9.17) is 48.7 Å². The molecule has 0 saturated heterocycles. The third-order valence-corrected chi connectivity index (χ3v) is 12.3. The number of esters is 1. The number of carbonyl (C=O) groups excluding carboxylic acids is 2. The van der Waals surface area contributed by atoms with E-state index in [1.54, 1.807) is 25.3 Å². The number of methoxy groups -OCH3 is 1. The normalized spacial score (nSPS) is 14.8. The molecule has 0 aromatic heterocycles. The molecule has 0 heterocycles. The van der Waals surface area contributed by atoms with Crippen LogP contribution in [0.5, 0.6) is 5.75 Å². The lowest BCUT2D eigenvalue weighted by atomic mass is 10.00. The number of carbonyl (C=O) groups is 2. The van der Waals surface area contributed by atoms with Gasteiger partial charge in [0.2, 0.25) is 9.70 Å². The van der Waals surface area contributed by atoms with Crippen molar-refractivity contribution in [3.8, 4) is 5.75 Å². The minimum absolute atomic E-state index is 0.0247. The van der Waals surface area contributed by atoms with E-state index in [0.29, 0.717) is 12.2 Å². The third kappa shape index (κ3) is 13.5. The Labute approximate surface area is 272 Å². The Morgan fingerprint density at radius 2 is 1.63 bits per heavy atom. The zero-order valence-corrected chi connectivity index (χ0v) is 29.3. The van der Waals surface area contributed by atoms with Crippen molar-refractivity contribution >= 4 is 61.1 Å². The molecule has 0 unspecified atom stereocenters. The number of alkyl halides is 3. The van der Waals surface area contributed by atoms with Gasteiger partial charge in [-0.1, -0.05) is 123 Å². The van der Waals surface area contributed by atoms with Gasteiger partial charge >= 0.3 is 5.97 Å². The van der Waals surface area contributed by atoms with Crippen LogP contribution in [-0.2, 0) is 25.2 Å². The van der Waals surface area contributed by atoms with Crippen molar-refractivity contribution in [1.82, 2.24) is 5.32 Å². The molecular weight excluding hydrogens is 625 g/mol. The van der Waals surface area contributed by atoms with Gasteiger partial charge in [-0.2, -0.15) is 0 Å². The van der Waals surface area contributed by atoms with Gasteiger partial charge in [-0.25, -0.2) is 4.79 Å². The summed E-state index contributed by atoms with van der Waals surface area (Å²) in [7, 11) is -0.533. The lowest BCUT2D eigenvalue weighted by molar-refractivity contribution is -0.147. The number of benzene rings is 2. The highest BCUT2D eigenvalue weighted by Crippen LogP contribution is 2.38. The fourth-order valence-corrected chi connectivity index (χ4v) is 5.43. The van der Waals surface area contributed by atoms with Crippen LogP contribution in [0.15, 0.2) is 72.8 Å². The SMILES string of the molecule is COc1ccc(C[C@@H](NC(=O)/C=C/C[C@H](O[Si](C)(C)C(C)(C)C)[C@H](C)/C=C/c2ccccc2)C(=O)OCC(Cl)(Cl)Cl)cc1.